The summed E-state index contributed by atoms with van der Waals surface area (Å²) < 4.78 is 5.08. The molecule has 4 nitrogen and oxygen atoms in total. The van der Waals surface area contributed by atoms with Crippen LogP contribution in [0.2, 0.25) is 0 Å². The number of methoxy groups -OCH3 is 1. The highest BCUT2D eigenvalue weighted by atomic mass is 16.5. The van der Waals surface area contributed by atoms with Crippen LogP contribution < -0.4 is 4.90 Å². The van der Waals surface area contributed by atoms with Crippen LogP contribution in [0.5, 0.6) is 0 Å². The molecule has 1 N–H and O–H groups in total. The number of hydrogen-bond acceptors (Lipinski definition) is 3. The van der Waals surface area contributed by atoms with Gasteiger partial charge in [0.25, 0.3) is 0 Å². The van der Waals surface area contributed by atoms with E-state index in [-0.39, 0.29) is 12.6 Å². The number of carbonyl (C=O) groups is 1. The number of aryl methyl sites for hydroxylation is 1. The summed E-state index contributed by atoms with van der Waals surface area (Å²) in [5, 5.41) is 8.93. The number of rotatable bonds is 6. The van der Waals surface area contributed by atoms with E-state index in [1.165, 1.54) is 0 Å². The summed E-state index contributed by atoms with van der Waals surface area (Å²) in [6.45, 7) is 4.44. The summed E-state index contributed by atoms with van der Waals surface area (Å²) in [7, 11) is 1.62. The molecule has 0 amide bonds. The fraction of sp³-hybridized carbons (Fsp3) is 0.462. The first kappa shape index (κ1) is 13.5. The van der Waals surface area contributed by atoms with Crippen molar-refractivity contribution in [2.45, 2.75) is 19.9 Å². The molecule has 0 aliphatic heterocycles. The van der Waals surface area contributed by atoms with Crippen LogP contribution in [-0.2, 0) is 9.53 Å². The predicted molar refractivity (Wildman–Crippen MR) is 67.5 cm³/mol. The molecule has 1 unspecified atom stereocenters. The first-order chi connectivity index (χ1) is 8.04. The summed E-state index contributed by atoms with van der Waals surface area (Å²) >= 11 is 0. The number of aliphatic carboxylic acids is 1. The summed E-state index contributed by atoms with van der Waals surface area (Å²) in [4.78, 5) is 12.7. The Morgan fingerprint density at radius 3 is 2.47 bits per heavy atom. The minimum atomic E-state index is -0.839. The molecule has 94 valence electrons. The third kappa shape index (κ3) is 4.07. The zero-order valence-electron chi connectivity index (χ0n) is 10.5. The number of carboxylic acid groups (broad SMARTS) is 1. The van der Waals surface area contributed by atoms with Gasteiger partial charge in [0.15, 0.2) is 0 Å². The highest BCUT2D eigenvalue weighted by Gasteiger charge is 2.17. The van der Waals surface area contributed by atoms with Crippen molar-refractivity contribution in [1.29, 1.82) is 0 Å². The van der Waals surface area contributed by atoms with Crippen molar-refractivity contribution in [1.82, 2.24) is 0 Å². The molecule has 17 heavy (non-hydrogen) atoms. The van der Waals surface area contributed by atoms with Crippen LogP contribution in [0.25, 0.3) is 0 Å². The normalized spacial score (nSPS) is 12.2. The van der Waals surface area contributed by atoms with Crippen LogP contribution in [0.4, 0.5) is 5.69 Å². The molecule has 0 aromatic heterocycles. The number of ether oxygens (including phenoxy) is 1. The van der Waals surface area contributed by atoms with E-state index in [0.717, 1.165) is 11.3 Å². The molecule has 4 heteroatoms. The van der Waals surface area contributed by atoms with Gasteiger partial charge < -0.3 is 14.7 Å². The Morgan fingerprint density at radius 1 is 1.41 bits per heavy atom. The third-order valence-corrected chi connectivity index (χ3v) is 2.61. The molecule has 0 bridgehead atoms. The smallest absolute Gasteiger partial charge is 0.323 e. The summed E-state index contributed by atoms with van der Waals surface area (Å²) in [6.07, 6.45) is 0. The van der Waals surface area contributed by atoms with Gasteiger partial charge in [-0.25, -0.2) is 0 Å². The molecule has 0 saturated carbocycles. The first-order valence-electron chi connectivity index (χ1n) is 5.58. The molecule has 0 aliphatic carbocycles. The van der Waals surface area contributed by atoms with Gasteiger partial charge in [-0.15, -0.1) is 0 Å². The second kappa shape index (κ2) is 6.25. The Hall–Kier alpha value is -1.55. The number of nitrogens with zero attached hydrogens (tertiary/aromatic N) is 1. The van der Waals surface area contributed by atoms with E-state index < -0.39 is 5.97 Å². The minimum Gasteiger partial charge on any atom is -0.480 e. The van der Waals surface area contributed by atoms with Gasteiger partial charge in [-0.1, -0.05) is 17.7 Å². The standard InChI is InChI=1S/C13H19NO3/c1-10-4-6-12(7-5-10)14(8-13(15)16)11(2)9-17-3/h4-7,11H,8-9H2,1-3H3,(H,15,16). The second-order valence-electron chi connectivity index (χ2n) is 4.16. The Kier molecular flexibility index (Phi) is 4.97. The molecular weight excluding hydrogens is 218 g/mol. The van der Waals surface area contributed by atoms with Crippen molar-refractivity contribution in [2.75, 3.05) is 25.2 Å². The molecule has 1 aromatic rings. The highest BCUT2D eigenvalue weighted by molar-refractivity contribution is 5.74. The van der Waals surface area contributed by atoms with Crippen molar-refractivity contribution in [3.8, 4) is 0 Å². The van der Waals surface area contributed by atoms with Crippen LogP contribution in [0.15, 0.2) is 24.3 Å². The van der Waals surface area contributed by atoms with Gasteiger partial charge in [0, 0.05) is 12.8 Å². The molecule has 0 heterocycles. The van der Waals surface area contributed by atoms with Crippen LogP contribution in [0, 0.1) is 6.92 Å². The van der Waals surface area contributed by atoms with Crippen LogP contribution in [-0.4, -0.2) is 37.4 Å². The molecule has 1 rings (SSSR count). The average molecular weight is 237 g/mol. The molecule has 0 spiro atoms. The maximum Gasteiger partial charge on any atom is 0.323 e. The zero-order valence-corrected chi connectivity index (χ0v) is 10.5. The molecule has 0 radical (unpaired) electrons. The zero-order chi connectivity index (χ0) is 12.8. The third-order valence-electron chi connectivity index (χ3n) is 2.61. The summed E-state index contributed by atoms with van der Waals surface area (Å²) in [5.74, 6) is -0.839. The van der Waals surface area contributed by atoms with Crippen molar-refractivity contribution in [3.63, 3.8) is 0 Å². The molecular formula is C13H19NO3. The van der Waals surface area contributed by atoms with E-state index >= 15 is 0 Å². The topological polar surface area (TPSA) is 49.8 Å². The lowest BCUT2D eigenvalue weighted by atomic mass is 10.2. The summed E-state index contributed by atoms with van der Waals surface area (Å²) in [6, 6.07) is 7.85. The number of benzene rings is 1. The maximum atomic E-state index is 10.9. The lowest BCUT2D eigenvalue weighted by Crippen LogP contribution is -2.40. The minimum absolute atomic E-state index is 0.0203. The quantitative estimate of drug-likeness (QED) is 0.821. The number of anilines is 1. The maximum absolute atomic E-state index is 10.9. The monoisotopic (exact) mass is 237 g/mol. The Labute approximate surface area is 102 Å². The fourth-order valence-corrected chi connectivity index (χ4v) is 1.71. The highest BCUT2D eigenvalue weighted by Crippen LogP contribution is 2.17. The second-order valence-corrected chi connectivity index (χ2v) is 4.16. The Morgan fingerprint density at radius 2 is 2.00 bits per heavy atom. The van der Waals surface area contributed by atoms with Gasteiger partial charge in [0.1, 0.15) is 6.54 Å². The average Bonchev–Trinajstić information content (AvgIpc) is 2.27. The van der Waals surface area contributed by atoms with E-state index in [4.69, 9.17) is 9.84 Å². The molecule has 0 aliphatic rings. The van der Waals surface area contributed by atoms with Crippen molar-refractivity contribution < 1.29 is 14.6 Å². The van der Waals surface area contributed by atoms with Crippen molar-refractivity contribution in [2.24, 2.45) is 0 Å². The number of carboxylic acids is 1. The molecule has 1 aromatic carbocycles. The lowest BCUT2D eigenvalue weighted by Gasteiger charge is -2.29. The van der Waals surface area contributed by atoms with Crippen molar-refractivity contribution >= 4 is 11.7 Å². The van der Waals surface area contributed by atoms with E-state index in [1.807, 2.05) is 43.0 Å². The van der Waals surface area contributed by atoms with E-state index in [0.29, 0.717) is 6.61 Å². The molecule has 1 atom stereocenters. The lowest BCUT2D eigenvalue weighted by molar-refractivity contribution is -0.135. The predicted octanol–water partition coefficient (Wildman–Crippen LogP) is 1.92. The van der Waals surface area contributed by atoms with E-state index in [1.54, 1.807) is 7.11 Å². The van der Waals surface area contributed by atoms with Crippen LogP contribution in [0.1, 0.15) is 12.5 Å². The Balaban J connectivity index is 2.88. The van der Waals surface area contributed by atoms with Gasteiger partial charge >= 0.3 is 5.97 Å². The van der Waals surface area contributed by atoms with Gasteiger partial charge in [-0.2, -0.15) is 0 Å². The Bertz CT molecular complexity index is 361. The van der Waals surface area contributed by atoms with E-state index in [9.17, 15) is 4.79 Å². The van der Waals surface area contributed by atoms with Gasteiger partial charge in [-0.3, -0.25) is 4.79 Å². The first-order valence-corrected chi connectivity index (χ1v) is 5.58. The van der Waals surface area contributed by atoms with Crippen molar-refractivity contribution in [3.05, 3.63) is 29.8 Å². The van der Waals surface area contributed by atoms with Gasteiger partial charge in [0.05, 0.1) is 12.6 Å². The van der Waals surface area contributed by atoms with E-state index in [2.05, 4.69) is 0 Å². The number of hydrogen-bond donors (Lipinski definition) is 1. The SMILES string of the molecule is COCC(C)N(CC(=O)O)c1ccc(C)cc1. The molecule has 0 saturated heterocycles. The largest absolute Gasteiger partial charge is 0.480 e. The van der Waals surface area contributed by atoms with Crippen LogP contribution >= 0.6 is 0 Å². The fourth-order valence-electron chi connectivity index (χ4n) is 1.71. The molecule has 0 fully saturated rings. The van der Waals surface area contributed by atoms with Crippen LogP contribution in [0.3, 0.4) is 0 Å². The van der Waals surface area contributed by atoms with Gasteiger partial charge in [0.2, 0.25) is 0 Å². The van der Waals surface area contributed by atoms with Gasteiger partial charge in [-0.05, 0) is 26.0 Å². The summed E-state index contributed by atoms with van der Waals surface area (Å²) in [5.41, 5.74) is 2.06.